The van der Waals surface area contributed by atoms with Crippen molar-refractivity contribution in [3.05, 3.63) is 164 Å². The summed E-state index contributed by atoms with van der Waals surface area (Å²) in [5.41, 5.74) is 14.6. The first-order valence-corrected chi connectivity index (χ1v) is 15.4. The fraction of sp³-hybridized carbons (Fsp3) is 0.0244. The van der Waals surface area contributed by atoms with Crippen LogP contribution in [0.1, 0.15) is 5.56 Å². The van der Waals surface area contributed by atoms with E-state index < -0.39 is 0 Å². The molecular weight excluding hydrogens is 548 g/mol. The molecule has 4 nitrogen and oxygen atoms in total. The van der Waals surface area contributed by atoms with E-state index in [0.717, 1.165) is 16.8 Å². The number of benzene rings is 5. The fourth-order valence-corrected chi connectivity index (χ4v) is 7.64. The minimum Gasteiger partial charge on any atom is -0.318 e. The Morgan fingerprint density at radius 3 is 2.40 bits per heavy atom. The summed E-state index contributed by atoms with van der Waals surface area (Å²) in [4.78, 5) is 6.93. The number of rotatable bonds is 3. The van der Waals surface area contributed by atoms with Crippen LogP contribution < -0.4 is 9.48 Å². The van der Waals surface area contributed by atoms with Crippen molar-refractivity contribution in [3.63, 3.8) is 0 Å². The largest absolute Gasteiger partial charge is 0.318 e. The molecule has 0 N–H and O–H groups in total. The average molecular weight is 576 g/mol. The van der Waals surface area contributed by atoms with E-state index in [1.54, 1.807) is 0 Å². The second-order valence-electron chi connectivity index (χ2n) is 11.9. The topological polar surface area (TPSA) is 24.1 Å². The molecular formula is C41H27N4+. The van der Waals surface area contributed by atoms with Gasteiger partial charge in [-0.3, -0.25) is 4.98 Å². The maximum Gasteiger partial charge on any atom is 0.235 e. The molecule has 5 aromatic carbocycles. The van der Waals surface area contributed by atoms with Crippen LogP contribution in [0, 0.1) is 0 Å². The predicted molar refractivity (Wildman–Crippen MR) is 186 cm³/mol. The molecule has 0 bridgehead atoms. The van der Waals surface area contributed by atoms with Gasteiger partial charge in [-0.25, -0.2) is 0 Å². The van der Waals surface area contributed by atoms with Crippen LogP contribution in [0.4, 0.5) is 22.7 Å². The van der Waals surface area contributed by atoms with Crippen LogP contribution in [-0.4, -0.2) is 21.3 Å². The second kappa shape index (κ2) is 9.25. The molecule has 2 aliphatic heterocycles. The highest BCUT2D eigenvalue weighted by molar-refractivity contribution is 6.23. The van der Waals surface area contributed by atoms with E-state index in [1.807, 2.05) is 18.5 Å². The van der Waals surface area contributed by atoms with Crippen LogP contribution in [0.2, 0.25) is 0 Å². The Bertz CT molecular complexity index is 2430. The van der Waals surface area contributed by atoms with Gasteiger partial charge >= 0.3 is 0 Å². The Labute approximate surface area is 260 Å². The van der Waals surface area contributed by atoms with Crippen molar-refractivity contribution < 1.29 is 0 Å². The van der Waals surface area contributed by atoms with Crippen molar-refractivity contribution in [2.75, 3.05) is 4.90 Å². The molecule has 10 rings (SSSR count). The Morgan fingerprint density at radius 2 is 1.49 bits per heavy atom. The van der Waals surface area contributed by atoms with Gasteiger partial charge in [0.05, 0.1) is 16.7 Å². The minimum atomic E-state index is 0.0974. The zero-order chi connectivity index (χ0) is 29.5. The Kier molecular flexibility index (Phi) is 5.02. The van der Waals surface area contributed by atoms with Crippen molar-refractivity contribution in [1.82, 2.24) is 14.1 Å². The third kappa shape index (κ3) is 3.42. The van der Waals surface area contributed by atoms with Crippen molar-refractivity contribution in [1.29, 1.82) is 0 Å². The monoisotopic (exact) mass is 575 g/mol. The summed E-state index contributed by atoms with van der Waals surface area (Å²) in [5, 5.41) is 2.52. The average Bonchev–Trinajstić information content (AvgIpc) is 3.61. The summed E-state index contributed by atoms with van der Waals surface area (Å²) in [5.74, 6) is 0. The minimum absolute atomic E-state index is 0.0974. The lowest BCUT2D eigenvalue weighted by Crippen LogP contribution is -2.43. The first-order chi connectivity index (χ1) is 22.3. The molecule has 0 radical (unpaired) electrons. The van der Waals surface area contributed by atoms with Gasteiger partial charge in [0.1, 0.15) is 11.7 Å². The maximum atomic E-state index is 4.37. The summed E-state index contributed by atoms with van der Waals surface area (Å²) in [7, 11) is 0. The number of allylic oxidation sites excluding steroid dienone is 2. The zero-order valence-corrected chi connectivity index (χ0v) is 24.4. The van der Waals surface area contributed by atoms with Gasteiger partial charge in [-0.1, -0.05) is 78.9 Å². The number of fused-ring (bicyclic) bond motifs is 8. The highest BCUT2D eigenvalue weighted by atomic mass is 15.3. The van der Waals surface area contributed by atoms with Crippen LogP contribution >= 0.6 is 0 Å². The number of aromatic nitrogens is 2. The first kappa shape index (κ1) is 24.4. The van der Waals surface area contributed by atoms with E-state index in [0.29, 0.717) is 0 Å². The molecule has 1 aliphatic carbocycles. The molecule has 0 fully saturated rings. The Morgan fingerprint density at radius 1 is 0.644 bits per heavy atom. The molecule has 1 unspecified atom stereocenters. The van der Waals surface area contributed by atoms with Gasteiger partial charge in [0, 0.05) is 64.3 Å². The van der Waals surface area contributed by atoms with E-state index in [2.05, 4.69) is 159 Å². The lowest BCUT2D eigenvalue weighted by Gasteiger charge is -2.32. The summed E-state index contributed by atoms with van der Waals surface area (Å²) < 4.78 is 4.86. The van der Waals surface area contributed by atoms with Gasteiger partial charge in [-0.2, -0.15) is 4.58 Å². The van der Waals surface area contributed by atoms with Gasteiger partial charge in [-0.05, 0) is 53.6 Å². The van der Waals surface area contributed by atoms with E-state index in [-0.39, 0.29) is 6.04 Å². The maximum absolute atomic E-state index is 4.37. The van der Waals surface area contributed by atoms with E-state index in [4.69, 9.17) is 0 Å². The lowest BCUT2D eigenvalue weighted by molar-refractivity contribution is 0.931. The third-order valence-corrected chi connectivity index (χ3v) is 9.49. The van der Waals surface area contributed by atoms with Gasteiger partial charge < -0.3 is 9.47 Å². The normalized spacial score (nSPS) is 16.1. The highest BCUT2D eigenvalue weighted by Gasteiger charge is 2.48. The standard InChI is InChI=1S/C41H27N4/c1-2-13-29(14-3-1)43-36-19-6-7-20-37(36)45-40-25-39-33(24-34(40)32-17-9-21-38(43)41(32)45)31-16-4-5-18-35(31)44(39)30-15-8-11-27(23-30)28-12-10-22-42-26-28/h1-26,41H/q+1. The second-order valence-corrected chi connectivity index (χ2v) is 11.9. The summed E-state index contributed by atoms with van der Waals surface area (Å²) in [6, 6.07) is 46.2. The molecule has 1 atom stereocenters. The van der Waals surface area contributed by atoms with Crippen molar-refractivity contribution in [2.45, 2.75) is 6.04 Å². The van der Waals surface area contributed by atoms with E-state index in [9.17, 15) is 0 Å². The number of hydrogen-bond donors (Lipinski definition) is 0. The zero-order valence-electron chi connectivity index (χ0n) is 24.4. The van der Waals surface area contributed by atoms with Crippen LogP contribution in [-0.2, 0) is 0 Å². The molecule has 4 heteroatoms. The molecule has 45 heavy (non-hydrogen) atoms. The summed E-state index contributed by atoms with van der Waals surface area (Å²) >= 11 is 0. The molecule has 3 aliphatic rings. The number of pyridine rings is 1. The smallest absolute Gasteiger partial charge is 0.235 e. The molecule has 0 amide bonds. The summed E-state index contributed by atoms with van der Waals surface area (Å²) in [6.45, 7) is 0. The van der Waals surface area contributed by atoms with Gasteiger partial charge in [0.2, 0.25) is 17.1 Å². The molecule has 4 heterocycles. The predicted octanol–water partition coefficient (Wildman–Crippen LogP) is 9.61. The number of anilines is 2. The number of hydrogen-bond acceptors (Lipinski definition) is 2. The quantitative estimate of drug-likeness (QED) is 0.196. The molecule has 0 saturated heterocycles. The molecule has 210 valence electrons. The number of para-hydroxylation sites is 4. The fourth-order valence-electron chi connectivity index (χ4n) is 7.64. The molecule has 0 saturated carbocycles. The third-order valence-electron chi connectivity index (χ3n) is 9.49. The van der Waals surface area contributed by atoms with Crippen LogP contribution in [0.3, 0.4) is 0 Å². The van der Waals surface area contributed by atoms with E-state index >= 15 is 0 Å². The van der Waals surface area contributed by atoms with Crippen LogP contribution in [0.5, 0.6) is 0 Å². The van der Waals surface area contributed by atoms with Crippen molar-refractivity contribution >= 4 is 55.8 Å². The van der Waals surface area contributed by atoms with Crippen LogP contribution in [0.25, 0.3) is 44.2 Å². The van der Waals surface area contributed by atoms with Crippen LogP contribution in [0.15, 0.2) is 158 Å². The van der Waals surface area contributed by atoms with Crippen molar-refractivity contribution in [3.8, 4) is 16.8 Å². The molecule has 2 aromatic heterocycles. The first-order valence-electron chi connectivity index (χ1n) is 15.4. The molecule has 0 spiro atoms. The highest BCUT2D eigenvalue weighted by Crippen LogP contribution is 2.53. The number of nitrogens with zero attached hydrogens (tertiary/aromatic N) is 4. The van der Waals surface area contributed by atoms with Gasteiger partial charge in [-0.15, -0.1) is 0 Å². The SMILES string of the molecule is C1=CC2=[N+](c3ccccc3)c3ccccc3N3c4cc5c(cc4C(=C1)C23)c1ccccc1n5-c1cccc(-c2cccnc2)c1. The van der Waals surface area contributed by atoms with Crippen molar-refractivity contribution in [2.24, 2.45) is 0 Å². The molecule has 7 aromatic rings. The Hall–Kier alpha value is -6.00. The van der Waals surface area contributed by atoms with E-state index in [1.165, 1.54) is 61.4 Å². The van der Waals surface area contributed by atoms with Gasteiger partial charge in [0.15, 0.2) is 0 Å². The van der Waals surface area contributed by atoms with Gasteiger partial charge in [0.25, 0.3) is 0 Å². The Balaban J connectivity index is 1.25. The summed E-state index contributed by atoms with van der Waals surface area (Å²) in [6.07, 6.45) is 10.6. The lowest BCUT2D eigenvalue weighted by atomic mass is 9.91.